The topological polar surface area (TPSA) is 109 Å². The molecule has 0 aliphatic carbocycles. The standard InChI is InChI=1S/C30H31N3O4S.C2HF3O2/c1-37-26-25-27(38-28(26)30(36)32-17-9-12-21(32)18-31-15-7-8-16-31)22-13-5-6-14-23(22)33(29(25)35)19-24(34)20-10-3-2-4-11-20;3-2(4,5)1(6)7/h2-6,10-11,13-14,21H,7-9,12,15-19H2,1H3;(H,6,7)/t21-;/m0./s1. The van der Waals surface area contributed by atoms with Crippen LogP contribution in [0.3, 0.4) is 0 Å². The second-order valence-electron chi connectivity index (χ2n) is 11.0. The molecule has 6 rings (SSSR count). The molecule has 2 saturated heterocycles. The van der Waals surface area contributed by atoms with E-state index in [1.165, 1.54) is 35.9 Å². The largest absolute Gasteiger partial charge is 0.494 e. The van der Waals surface area contributed by atoms with E-state index < -0.39 is 12.1 Å². The lowest BCUT2D eigenvalue weighted by atomic mass is 10.1. The Labute approximate surface area is 260 Å². The Balaban J connectivity index is 0.000000515. The molecule has 0 saturated carbocycles. The molecule has 4 aromatic rings. The van der Waals surface area contributed by atoms with Crippen LogP contribution in [0, 0.1) is 0 Å². The highest BCUT2D eigenvalue weighted by atomic mass is 32.1. The summed E-state index contributed by atoms with van der Waals surface area (Å²) in [5, 5.41) is 8.33. The average molecular weight is 644 g/mol. The third-order valence-corrected chi connectivity index (χ3v) is 9.30. The number of carbonyl (C=O) groups is 3. The number of aromatic nitrogens is 1. The number of para-hydroxylation sites is 1. The summed E-state index contributed by atoms with van der Waals surface area (Å²) in [6, 6.07) is 16.7. The van der Waals surface area contributed by atoms with E-state index in [2.05, 4.69) is 4.90 Å². The maximum Gasteiger partial charge on any atom is 0.490 e. The van der Waals surface area contributed by atoms with Crippen LogP contribution >= 0.6 is 11.3 Å². The number of ether oxygens (including phenoxy) is 1. The van der Waals surface area contributed by atoms with Gasteiger partial charge in [0, 0.05) is 30.1 Å². The number of hydrogen-bond acceptors (Lipinski definition) is 7. The number of pyridine rings is 1. The number of alkyl halides is 3. The molecule has 0 bridgehead atoms. The van der Waals surface area contributed by atoms with Gasteiger partial charge >= 0.3 is 12.1 Å². The monoisotopic (exact) mass is 643 g/mol. The first-order valence-corrected chi connectivity index (χ1v) is 15.4. The highest BCUT2D eigenvalue weighted by Gasteiger charge is 2.38. The summed E-state index contributed by atoms with van der Waals surface area (Å²) in [6.07, 6.45) is -0.671. The summed E-state index contributed by atoms with van der Waals surface area (Å²) in [5.74, 6) is -2.66. The molecule has 2 aliphatic rings. The highest BCUT2D eigenvalue weighted by molar-refractivity contribution is 7.22. The summed E-state index contributed by atoms with van der Waals surface area (Å²) in [6.45, 7) is 3.71. The third-order valence-electron chi connectivity index (χ3n) is 8.11. The van der Waals surface area contributed by atoms with Crippen molar-refractivity contribution in [2.24, 2.45) is 0 Å². The Morgan fingerprint density at radius 3 is 2.27 bits per heavy atom. The van der Waals surface area contributed by atoms with Crippen molar-refractivity contribution in [2.45, 2.75) is 44.4 Å². The van der Waals surface area contributed by atoms with Crippen LogP contribution in [0.4, 0.5) is 13.2 Å². The fourth-order valence-electron chi connectivity index (χ4n) is 5.98. The van der Waals surface area contributed by atoms with Crippen LogP contribution in [0.1, 0.15) is 45.7 Å². The Bertz CT molecular complexity index is 1780. The van der Waals surface area contributed by atoms with Crippen LogP contribution < -0.4 is 10.3 Å². The molecule has 1 amide bonds. The maximum atomic E-state index is 14.0. The number of carboxylic acids is 1. The minimum absolute atomic E-state index is 0.0693. The lowest BCUT2D eigenvalue weighted by molar-refractivity contribution is -0.192. The Morgan fingerprint density at radius 1 is 0.978 bits per heavy atom. The summed E-state index contributed by atoms with van der Waals surface area (Å²) in [4.78, 5) is 54.8. The number of benzene rings is 2. The lowest BCUT2D eigenvalue weighted by Gasteiger charge is -2.28. The van der Waals surface area contributed by atoms with Gasteiger partial charge in [0.15, 0.2) is 11.5 Å². The van der Waals surface area contributed by atoms with Crippen molar-refractivity contribution in [1.29, 1.82) is 0 Å². The fraction of sp³-hybridized carbons (Fsp3) is 0.375. The molecule has 1 N–H and O–H groups in total. The number of rotatable bonds is 7. The molecular formula is C32H32F3N3O6S. The molecule has 2 fully saturated rings. The van der Waals surface area contributed by atoms with Gasteiger partial charge in [-0.25, -0.2) is 4.79 Å². The predicted molar refractivity (Wildman–Crippen MR) is 164 cm³/mol. The van der Waals surface area contributed by atoms with Gasteiger partial charge in [0.25, 0.3) is 11.5 Å². The molecule has 0 radical (unpaired) electrons. The molecular weight excluding hydrogens is 611 g/mol. The summed E-state index contributed by atoms with van der Waals surface area (Å²) >= 11 is 1.33. The van der Waals surface area contributed by atoms with Gasteiger partial charge < -0.3 is 19.6 Å². The number of likely N-dealkylation sites (tertiary alicyclic amines) is 2. The first-order chi connectivity index (χ1) is 21.5. The van der Waals surface area contributed by atoms with Gasteiger partial charge in [-0.15, -0.1) is 11.3 Å². The van der Waals surface area contributed by atoms with E-state index in [0.717, 1.165) is 42.6 Å². The van der Waals surface area contributed by atoms with Crippen LogP contribution in [0.25, 0.3) is 21.0 Å². The Morgan fingerprint density at radius 2 is 1.62 bits per heavy atom. The van der Waals surface area contributed by atoms with Gasteiger partial charge in [-0.05, 0) is 44.8 Å². The Hall–Kier alpha value is -4.23. The smallest absolute Gasteiger partial charge is 0.490 e. The lowest BCUT2D eigenvalue weighted by Crippen LogP contribution is -2.42. The van der Waals surface area contributed by atoms with Crippen molar-refractivity contribution < 1.29 is 37.4 Å². The second kappa shape index (κ2) is 13.4. The number of methoxy groups -OCH3 is 1. The van der Waals surface area contributed by atoms with E-state index in [1.807, 2.05) is 47.4 Å². The number of nitrogens with zero attached hydrogens (tertiary/aromatic N) is 3. The average Bonchev–Trinajstić information content (AvgIpc) is 3.80. The number of aliphatic carboxylic acids is 1. The maximum absolute atomic E-state index is 14.0. The molecule has 238 valence electrons. The number of carboxylic acid groups (broad SMARTS) is 1. The zero-order valence-corrected chi connectivity index (χ0v) is 25.3. The predicted octanol–water partition coefficient (Wildman–Crippen LogP) is 5.44. The molecule has 0 unspecified atom stereocenters. The van der Waals surface area contributed by atoms with Crippen LogP contribution in [0.15, 0.2) is 59.4 Å². The zero-order chi connectivity index (χ0) is 32.3. The SMILES string of the molecule is COc1c(C(=O)N2CCC[C@H]2CN2CCCC2)sc2c1c(=O)n(CC(=O)c1ccccc1)c1ccccc21.O=C(O)C(F)(F)F. The summed E-state index contributed by atoms with van der Waals surface area (Å²) < 4.78 is 39.8. The third kappa shape index (κ3) is 6.74. The van der Waals surface area contributed by atoms with Crippen molar-refractivity contribution in [2.75, 3.05) is 33.3 Å². The van der Waals surface area contributed by atoms with Gasteiger partial charge in [-0.1, -0.05) is 48.5 Å². The molecule has 13 heteroatoms. The quantitative estimate of drug-likeness (QED) is 0.267. The number of hydrogen-bond donors (Lipinski definition) is 1. The van der Waals surface area contributed by atoms with Gasteiger partial charge in [-0.3, -0.25) is 19.0 Å². The van der Waals surface area contributed by atoms with E-state index in [-0.39, 0.29) is 29.8 Å². The zero-order valence-electron chi connectivity index (χ0n) is 24.5. The summed E-state index contributed by atoms with van der Waals surface area (Å²) in [7, 11) is 1.51. The van der Waals surface area contributed by atoms with Gasteiger partial charge in [0.1, 0.15) is 10.3 Å². The first kappa shape index (κ1) is 32.2. The molecule has 1 atom stereocenters. The van der Waals surface area contributed by atoms with Crippen LogP contribution in [-0.2, 0) is 11.3 Å². The van der Waals surface area contributed by atoms with Crippen LogP contribution in [-0.4, -0.2) is 82.6 Å². The van der Waals surface area contributed by atoms with Crippen LogP contribution in [0.5, 0.6) is 5.75 Å². The molecule has 2 aromatic carbocycles. The van der Waals surface area contributed by atoms with Crippen molar-refractivity contribution in [1.82, 2.24) is 14.4 Å². The fourth-order valence-corrected chi connectivity index (χ4v) is 7.23. The highest BCUT2D eigenvalue weighted by Crippen LogP contribution is 2.41. The number of ketones is 1. The van der Waals surface area contributed by atoms with Crippen molar-refractivity contribution >= 4 is 50.0 Å². The van der Waals surface area contributed by atoms with Gasteiger partial charge in [0.05, 0.1) is 23.9 Å². The second-order valence-corrected chi connectivity index (χ2v) is 12.0. The number of thiophene rings is 1. The Kier molecular flexibility index (Phi) is 9.59. The molecule has 0 spiro atoms. The number of halogens is 3. The van der Waals surface area contributed by atoms with E-state index in [1.54, 1.807) is 12.1 Å². The van der Waals surface area contributed by atoms with E-state index in [0.29, 0.717) is 33.6 Å². The van der Waals surface area contributed by atoms with Crippen molar-refractivity contribution in [3.8, 4) is 5.75 Å². The molecule has 9 nitrogen and oxygen atoms in total. The minimum atomic E-state index is -5.08. The minimum Gasteiger partial charge on any atom is -0.494 e. The number of fused-ring (bicyclic) bond motifs is 3. The van der Waals surface area contributed by atoms with Crippen molar-refractivity contribution in [3.05, 3.63) is 75.4 Å². The van der Waals surface area contributed by atoms with E-state index in [9.17, 15) is 27.6 Å². The molecule has 45 heavy (non-hydrogen) atoms. The number of amides is 1. The van der Waals surface area contributed by atoms with Crippen molar-refractivity contribution in [3.63, 3.8) is 0 Å². The van der Waals surface area contributed by atoms with Gasteiger partial charge in [0.2, 0.25) is 0 Å². The van der Waals surface area contributed by atoms with Gasteiger partial charge in [-0.2, -0.15) is 13.2 Å². The summed E-state index contributed by atoms with van der Waals surface area (Å²) in [5.41, 5.74) is 0.908. The molecule has 4 heterocycles. The number of Topliss-reactive ketones (excluding diaryl/α,β-unsaturated/α-hetero) is 1. The van der Waals surface area contributed by atoms with E-state index in [4.69, 9.17) is 14.6 Å². The van der Waals surface area contributed by atoms with E-state index >= 15 is 0 Å². The van der Waals surface area contributed by atoms with Crippen LogP contribution in [0.2, 0.25) is 0 Å². The molecule has 2 aromatic heterocycles. The molecule has 2 aliphatic heterocycles. The normalized spacial score (nSPS) is 17.0. The first-order valence-electron chi connectivity index (χ1n) is 14.5. The number of carbonyl (C=O) groups excluding carboxylic acids is 2.